The van der Waals surface area contributed by atoms with E-state index in [4.69, 9.17) is 0 Å². The van der Waals surface area contributed by atoms with Gasteiger partial charge >= 0.3 is 0 Å². The van der Waals surface area contributed by atoms with Gasteiger partial charge in [-0.05, 0) is 59.7 Å². The van der Waals surface area contributed by atoms with Gasteiger partial charge in [-0.25, -0.2) is 4.39 Å². The lowest BCUT2D eigenvalue weighted by molar-refractivity contribution is 0.627. The minimum absolute atomic E-state index is 0.171. The molecule has 0 radical (unpaired) electrons. The highest BCUT2D eigenvalue weighted by Crippen LogP contribution is 2.24. The second-order valence-corrected chi connectivity index (χ2v) is 5.69. The van der Waals surface area contributed by atoms with Gasteiger partial charge in [0.1, 0.15) is 5.82 Å². The van der Waals surface area contributed by atoms with E-state index in [1.807, 2.05) is 12.1 Å². The average molecular weight is 269 g/mol. The molecule has 0 bridgehead atoms. The summed E-state index contributed by atoms with van der Waals surface area (Å²) in [6, 6.07) is 13.6. The monoisotopic (exact) mass is 269 g/mol. The fourth-order valence-electron chi connectivity index (χ4n) is 2.93. The number of hydrogen-bond acceptors (Lipinski definition) is 1. The first-order valence-corrected chi connectivity index (χ1v) is 7.29. The van der Waals surface area contributed by atoms with Crippen LogP contribution in [0, 0.1) is 5.82 Å². The SMILES string of the molecule is C[C@@H]1CNCCc2ccc(Cc3ccc(F)cc3)cc21. The van der Waals surface area contributed by atoms with Gasteiger partial charge in [-0.3, -0.25) is 0 Å². The highest BCUT2D eigenvalue weighted by atomic mass is 19.1. The lowest BCUT2D eigenvalue weighted by Crippen LogP contribution is -2.18. The third-order valence-corrected chi connectivity index (χ3v) is 4.08. The topological polar surface area (TPSA) is 12.0 Å². The van der Waals surface area contributed by atoms with Gasteiger partial charge in [0.05, 0.1) is 0 Å². The zero-order chi connectivity index (χ0) is 13.9. The van der Waals surface area contributed by atoms with Crippen molar-refractivity contribution in [2.75, 3.05) is 13.1 Å². The standard InChI is InChI=1S/C18H20FN/c1-13-12-20-9-8-16-5-2-15(11-18(13)16)10-14-3-6-17(19)7-4-14/h2-7,11,13,20H,8-10,12H2,1H3/t13-/m1/s1. The molecule has 2 aromatic carbocycles. The zero-order valence-corrected chi connectivity index (χ0v) is 11.8. The maximum atomic E-state index is 12.9. The van der Waals surface area contributed by atoms with E-state index in [1.165, 1.54) is 28.8 Å². The Morgan fingerprint density at radius 1 is 1.10 bits per heavy atom. The van der Waals surface area contributed by atoms with Crippen LogP contribution in [0.2, 0.25) is 0 Å². The van der Waals surface area contributed by atoms with E-state index in [0.717, 1.165) is 31.5 Å². The third kappa shape index (κ3) is 2.91. The van der Waals surface area contributed by atoms with Gasteiger partial charge in [0.15, 0.2) is 0 Å². The molecule has 0 spiro atoms. The quantitative estimate of drug-likeness (QED) is 0.877. The van der Waals surface area contributed by atoms with Gasteiger partial charge in [0.25, 0.3) is 0 Å². The van der Waals surface area contributed by atoms with Crippen LogP contribution < -0.4 is 5.32 Å². The van der Waals surface area contributed by atoms with Crippen molar-refractivity contribution in [1.29, 1.82) is 0 Å². The van der Waals surface area contributed by atoms with Crippen LogP contribution >= 0.6 is 0 Å². The van der Waals surface area contributed by atoms with Crippen LogP contribution in [0.5, 0.6) is 0 Å². The van der Waals surface area contributed by atoms with Crippen LogP contribution in [-0.4, -0.2) is 13.1 Å². The lowest BCUT2D eigenvalue weighted by Gasteiger charge is -2.14. The summed E-state index contributed by atoms with van der Waals surface area (Å²) < 4.78 is 12.9. The Kier molecular flexibility index (Phi) is 3.83. The Bertz CT molecular complexity index is 589. The molecule has 1 nitrogen and oxygen atoms in total. The van der Waals surface area contributed by atoms with Gasteiger partial charge in [0, 0.05) is 6.54 Å². The van der Waals surface area contributed by atoms with E-state index in [1.54, 1.807) is 0 Å². The summed E-state index contributed by atoms with van der Waals surface area (Å²) in [5.74, 6) is 0.385. The Morgan fingerprint density at radius 3 is 2.65 bits per heavy atom. The summed E-state index contributed by atoms with van der Waals surface area (Å²) in [6.07, 6.45) is 1.98. The van der Waals surface area contributed by atoms with Crippen molar-refractivity contribution in [2.24, 2.45) is 0 Å². The molecule has 0 amide bonds. The second-order valence-electron chi connectivity index (χ2n) is 5.69. The van der Waals surface area contributed by atoms with Crippen LogP contribution in [0.3, 0.4) is 0 Å². The molecule has 0 saturated heterocycles. The molecule has 3 rings (SSSR count). The fourth-order valence-corrected chi connectivity index (χ4v) is 2.93. The molecule has 0 aliphatic carbocycles. The minimum atomic E-state index is -0.171. The molecule has 104 valence electrons. The van der Waals surface area contributed by atoms with Crippen LogP contribution in [0.25, 0.3) is 0 Å². The number of hydrogen-bond donors (Lipinski definition) is 1. The van der Waals surface area contributed by atoms with Crippen molar-refractivity contribution in [3.8, 4) is 0 Å². The number of rotatable bonds is 2. The van der Waals surface area contributed by atoms with Crippen molar-refractivity contribution in [3.05, 3.63) is 70.5 Å². The third-order valence-electron chi connectivity index (χ3n) is 4.08. The highest BCUT2D eigenvalue weighted by Gasteiger charge is 2.14. The molecule has 1 aliphatic rings. The molecule has 1 atom stereocenters. The first-order chi connectivity index (χ1) is 9.72. The summed E-state index contributed by atoms with van der Waals surface area (Å²) in [6.45, 7) is 4.39. The molecule has 1 aliphatic heterocycles. The van der Waals surface area contributed by atoms with Crippen molar-refractivity contribution < 1.29 is 4.39 Å². The molecule has 20 heavy (non-hydrogen) atoms. The summed E-state index contributed by atoms with van der Waals surface area (Å²) in [5, 5.41) is 3.48. The maximum Gasteiger partial charge on any atom is 0.123 e. The predicted molar refractivity (Wildman–Crippen MR) is 80.6 cm³/mol. The first kappa shape index (κ1) is 13.3. The molecule has 0 saturated carbocycles. The molecular formula is C18H20FN. The van der Waals surface area contributed by atoms with Crippen LogP contribution in [-0.2, 0) is 12.8 Å². The van der Waals surface area contributed by atoms with Crippen LogP contribution in [0.4, 0.5) is 4.39 Å². The Morgan fingerprint density at radius 2 is 1.85 bits per heavy atom. The van der Waals surface area contributed by atoms with Gasteiger partial charge < -0.3 is 5.32 Å². The van der Waals surface area contributed by atoms with Crippen LogP contribution in [0.1, 0.15) is 35.1 Å². The Hall–Kier alpha value is -1.67. The van der Waals surface area contributed by atoms with E-state index in [-0.39, 0.29) is 5.82 Å². The van der Waals surface area contributed by atoms with Crippen molar-refractivity contribution in [3.63, 3.8) is 0 Å². The molecule has 2 heteroatoms. The molecule has 2 aromatic rings. The van der Waals surface area contributed by atoms with Gasteiger partial charge in [-0.2, -0.15) is 0 Å². The van der Waals surface area contributed by atoms with E-state index >= 15 is 0 Å². The summed E-state index contributed by atoms with van der Waals surface area (Å²) in [4.78, 5) is 0. The zero-order valence-electron chi connectivity index (χ0n) is 11.8. The smallest absolute Gasteiger partial charge is 0.123 e. The molecule has 0 fully saturated rings. The Balaban J connectivity index is 1.86. The van der Waals surface area contributed by atoms with E-state index in [2.05, 4.69) is 30.4 Å². The molecule has 1 N–H and O–H groups in total. The Labute approximate surface area is 119 Å². The van der Waals surface area contributed by atoms with E-state index in [0.29, 0.717) is 5.92 Å². The number of nitrogens with one attached hydrogen (secondary N) is 1. The molecule has 1 heterocycles. The number of halogens is 1. The second kappa shape index (κ2) is 5.76. The lowest BCUT2D eigenvalue weighted by atomic mass is 9.92. The summed E-state index contributed by atoms with van der Waals surface area (Å²) in [7, 11) is 0. The van der Waals surface area contributed by atoms with Crippen molar-refractivity contribution in [2.45, 2.75) is 25.7 Å². The fraction of sp³-hybridized carbons (Fsp3) is 0.333. The maximum absolute atomic E-state index is 12.9. The van der Waals surface area contributed by atoms with E-state index in [9.17, 15) is 4.39 Å². The van der Waals surface area contributed by atoms with Gasteiger partial charge in [-0.1, -0.05) is 37.3 Å². The molecule has 0 aromatic heterocycles. The van der Waals surface area contributed by atoms with Crippen LogP contribution in [0.15, 0.2) is 42.5 Å². The van der Waals surface area contributed by atoms with E-state index < -0.39 is 0 Å². The predicted octanol–water partition coefficient (Wildman–Crippen LogP) is 3.67. The number of benzene rings is 2. The van der Waals surface area contributed by atoms with Gasteiger partial charge in [0.2, 0.25) is 0 Å². The van der Waals surface area contributed by atoms with Gasteiger partial charge in [-0.15, -0.1) is 0 Å². The highest BCUT2D eigenvalue weighted by molar-refractivity contribution is 5.38. The number of fused-ring (bicyclic) bond motifs is 1. The molecule has 0 unspecified atom stereocenters. The first-order valence-electron chi connectivity index (χ1n) is 7.29. The van der Waals surface area contributed by atoms with Crippen molar-refractivity contribution in [1.82, 2.24) is 5.32 Å². The largest absolute Gasteiger partial charge is 0.316 e. The molecular weight excluding hydrogens is 249 g/mol. The average Bonchev–Trinajstić information content (AvgIpc) is 2.64. The summed E-state index contributed by atoms with van der Waals surface area (Å²) >= 11 is 0. The normalized spacial score (nSPS) is 18.4. The van der Waals surface area contributed by atoms with Crippen molar-refractivity contribution >= 4 is 0 Å². The minimum Gasteiger partial charge on any atom is -0.316 e. The summed E-state index contributed by atoms with van der Waals surface area (Å²) in [5.41, 5.74) is 5.40.